The smallest absolute Gasteiger partial charge is 0.273 e. The van der Waals surface area contributed by atoms with Crippen molar-refractivity contribution < 1.29 is 14.1 Å². The molecule has 1 heterocycles. The lowest BCUT2D eigenvalue weighted by atomic mass is 10.0. The Bertz CT molecular complexity index is 985. The molecule has 3 unspecified atom stereocenters. The molecule has 0 aliphatic heterocycles. The quantitative estimate of drug-likeness (QED) is 0.647. The normalized spacial score (nSPS) is 18.7. The molecule has 3 aromatic rings. The number of rotatable bonds is 7. The molecule has 0 spiro atoms. The lowest BCUT2D eigenvalue weighted by molar-refractivity contribution is -0.121. The van der Waals surface area contributed by atoms with Gasteiger partial charge in [0.2, 0.25) is 5.91 Å². The average Bonchev–Trinajstić information content (AvgIpc) is 3.27. The number of hydrogen-bond donors (Lipinski definition) is 2. The van der Waals surface area contributed by atoms with E-state index in [0.717, 1.165) is 17.5 Å². The molecular formula is C23H23N3O3. The summed E-state index contributed by atoms with van der Waals surface area (Å²) in [6.45, 7) is 2.07. The van der Waals surface area contributed by atoms with E-state index in [0.29, 0.717) is 17.6 Å². The SMILES string of the molecule is CC1CC1C(NC(=O)CNC(=O)c1cc(-c2ccccc2)on1)c1ccccc1. The molecule has 148 valence electrons. The van der Waals surface area contributed by atoms with Crippen LogP contribution in [0.25, 0.3) is 11.3 Å². The fraction of sp³-hybridized carbons (Fsp3) is 0.261. The van der Waals surface area contributed by atoms with E-state index in [-0.39, 0.29) is 24.2 Å². The zero-order valence-corrected chi connectivity index (χ0v) is 16.2. The van der Waals surface area contributed by atoms with Crippen molar-refractivity contribution in [2.45, 2.75) is 19.4 Å². The van der Waals surface area contributed by atoms with E-state index in [1.807, 2.05) is 60.7 Å². The van der Waals surface area contributed by atoms with E-state index in [1.165, 1.54) is 0 Å². The first kappa shape index (κ1) is 18.9. The maximum absolute atomic E-state index is 12.5. The van der Waals surface area contributed by atoms with E-state index < -0.39 is 5.91 Å². The van der Waals surface area contributed by atoms with Crippen LogP contribution >= 0.6 is 0 Å². The molecule has 6 nitrogen and oxygen atoms in total. The van der Waals surface area contributed by atoms with Gasteiger partial charge in [-0.15, -0.1) is 0 Å². The topological polar surface area (TPSA) is 84.2 Å². The van der Waals surface area contributed by atoms with Crippen LogP contribution < -0.4 is 10.6 Å². The first-order valence-electron chi connectivity index (χ1n) is 9.76. The van der Waals surface area contributed by atoms with Crippen LogP contribution in [-0.2, 0) is 4.79 Å². The molecule has 1 aliphatic carbocycles. The molecule has 1 aliphatic rings. The second kappa shape index (κ2) is 8.31. The van der Waals surface area contributed by atoms with Gasteiger partial charge in [-0.1, -0.05) is 72.7 Å². The van der Waals surface area contributed by atoms with Crippen molar-refractivity contribution in [3.05, 3.63) is 78.0 Å². The Morgan fingerprint density at radius 2 is 1.76 bits per heavy atom. The number of nitrogens with one attached hydrogen (secondary N) is 2. The molecule has 3 atom stereocenters. The molecule has 1 saturated carbocycles. The highest BCUT2D eigenvalue weighted by molar-refractivity contribution is 5.95. The van der Waals surface area contributed by atoms with Gasteiger partial charge in [0.1, 0.15) is 0 Å². The van der Waals surface area contributed by atoms with Crippen molar-refractivity contribution in [2.75, 3.05) is 6.54 Å². The molecule has 1 aromatic heterocycles. The molecular weight excluding hydrogens is 366 g/mol. The number of hydrogen-bond acceptors (Lipinski definition) is 4. The third-order valence-electron chi connectivity index (χ3n) is 5.29. The van der Waals surface area contributed by atoms with E-state index >= 15 is 0 Å². The summed E-state index contributed by atoms with van der Waals surface area (Å²) in [6, 6.07) is 20.9. The van der Waals surface area contributed by atoms with Gasteiger partial charge < -0.3 is 15.2 Å². The number of nitrogens with zero attached hydrogens (tertiary/aromatic N) is 1. The minimum absolute atomic E-state index is 0.0349. The second-order valence-electron chi connectivity index (χ2n) is 7.46. The molecule has 1 fully saturated rings. The summed E-state index contributed by atoms with van der Waals surface area (Å²) < 4.78 is 5.24. The summed E-state index contributed by atoms with van der Waals surface area (Å²) in [6.07, 6.45) is 1.09. The zero-order valence-electron chi connectivity index (χ0n) is 16.2. The summed E-state index contributed by atoms with van der Waals surface area (Å²) in [4.78, 5) is 24.8. The highest BCUT2D eigenvalue weighted by Crippen LogP contribution is 2.46. The van der Waals surface area contributed by atoms with Gasteiger partial charge in [0.05, 0.1) is 12.6 Å². The van der Waals surface area contributed by atoms with Crippen molar-refractivity contribution in [1.82, 2.24) is 15.8 Å². The lowest BCUT2D eigenvalue weighted by Crippen LogP contribution is -2.39. The Balaban J connectivity index is 1.34. The molecule has 2 aromatic carbocycles. The number of benzene rings is 2. The van der Waals surface area contributed by atoms with Crippen molar-refractivity contribution in [2.24, 2.45) is 11.8 Å². The predicted octanol–water partition coefficient (Wildman–Crippen LogP) is 3.58. The molecule has 6 heteroatoms. The number of carbonyl (C=O) groups excluding carboxylic acids is 2. The first-order chi connectivity index (χ1) is 14.1. The zero-order chi connectivity index (χ0) is 20.2. The Morgan fingerprint density at radius 3 is 2.41 bits per heavy atom. The van der Waals surface area contributed by atoms with Gasteiger partial charge in [-0.25, -0.2) is 0 Å². The summed E-state index contributed by atoms with van der Waals surface area (Å²) in [5, 5.41) is 9.49. The van der Waals surface area contributed by atoms with Gasteiger partial charge in [-0.2, -0.15) is 0 Å². The van der Waals surface area contributed by atoms with Gasteiger partial charge in [0.15, 0.2) is 11.5 Å². The maximum Gasteiger partial charge on any atom is 0.273 e. The van der Waals surface area contributed by atoms with Crippen LogP contribution in [0, 0.1) is 11.8 Å². The second-order valence-corrected chi connectivity index (χ2v) is 7.46. The molecule has 2 amide bonds. The van der Waals surface area contributed by atoms with Crippen molar-refractivity contribution >= 4 is 11.8 Å². The molecule has 0 radical (unpaired) electrons. The van der Waals surface area contributed by atoms with E-state index in [2.05, 4.69) is 22.7 Å². The largest absolute Gasteiger partial charge is 0.355 e. The summed E-state index contributed by atoms with van der Waals surface area (Å²) in [7, 11) is 0. The number of amides is 2. The molecule has 29 heavy (non-hydrogen) atoms. The predicted molar refractivity (Wildman–Crippen MR) is 109 cm³/mol. The van der Waals surface area contributed by atoms with Gasteiger partial charge >= 0.3 is 0 Å². The van der Waals surface area contributed by atoms with Crippen molar-refractivity contribution in [1.29, 1.82) is 0 Å². The van der Waals surface area contributed by atoms with Gasteiger partial charge in [-0.05, 0) is 23.8 Å². The Kier molecular flexibility index (Phi) is 5.42. The Morgan fingerprint density at radius 1 is 1.10 bits per heavy atom. The minimum atomic E-state index is -0.442. The molecule has 2 N–H and O–H groups in total. The standard InChI is InChI=1S/C23H23N3O3/c1-15-12-18(15)22(17-10-6-3-7-11-17)25-21(27)14-24-23(28)19-13-20(29-26-19)16-8-4-2-5-9-16/h2-11,13,15,18,22H,12,14H2,1H3,(H,24,28)(H,25,27). The van der Waals surface area contributed by atoms with Crippen LogP contribution in [-0.4, -0.2) is 23.5 Å². The average molecular weight is 389 g/mol. The van der Waals surface area contributed by atoms with E-state index in [4.69, 9.17) is 4.52 Å². The van der Waals surface area contributed by atoms with Gasteiger partial charge in [0, 0.05) is 11.6 Å². The third-order valence-corrected chi connectivity index (χ3v) is 5.29. The highest BCUT2D eigenvalue weighted by Gasteiger charge is 2.40. The summed E-state index contributed by atoms with van der Waals surface area (Å²) in [5.41, 5.74) is 2.07. The summed E-state index contributed by atoms with van der Waals surface area (Å²) in [5.74, 6) is 0.856. The van der Waals surface area contributed by atoms with E-state index in [9.17, 15) is 9.59 Å². The monoisotopic (exact) mass is 389 g/mol. The van der Waals surface area contributed by atoms with Crippen LogP contribution in [0.3, 0.4) is 0 Å². The van der Waals surface area contributed by atoms with Crippen LogP contribution in [0.1, 0.15) is 35.4 Å². The minimum Gasteiger partial charge on any atom is -0.355 e. The fourth-order valence-corrected chi connectivity index (χ4v) is 3.51. The Labute approximate surface area is 169 Å². The van der Waals surface area contributed by atoms with Crippen LogP contribution in [0.15, 0.2) is 71.3 Å². The number of carbonyl (C=O) groups is 2. The molecule has 0 bridgehead atoms. The van der Waals surface area contributed by atoms with Gasteiger partial charge in [0.25, 0.3) is 5.91 Å². The fourth-order valence-electron chi connectivity index (χ4n) is 3.51. The maximum atomic E-state index is 12.5. The lowest BCUT2D eigenvalue weighted by Gasteiger charge is -2.19. The van der Waals surface area contributed by atoms with Crippen LogP contribution in [0.2, 0.25) is 0 Å². The van der Waals surface area contributed by atoms with Crippen LogP contribution in [0.5, 0.6) is 0 Å². The third kappa shape index (κ3) is 4.54. The first-order valence-corrected chi connectivity index (χ1v) is 9.76. The van der Waals surface area contributed by atoms with Crippen molar-refractivity contribution in [3.63, 3.8) is 0 Å². The van der Waals surface area contributed by atoms with Gasteiger partial charge in [-0.3, -0.25) is 9.59 Å². The highest BCUT2D eigenvalue weighted by atomic mass is 16.5. The number of aromatic nitrogens is 1. The van der Waals surface area contributed by atoms with Crippen molar-refractivity contribution in [3.8, 4) is 11.3 Å². The van der Waals surface area contributed by atoms with E-state index in [1.54, 1.807) is 6.07 Å². The molecule has 0 saturated heterocycles. The molecule has 4 rings (SSSR count). The Hall–Kier alpha value is -3.41. The van der Waals surface area contributed by atoms with Crippen LogP contribution in [0.4, 0.5) is 0 Å². The summed E-state index contributed by atoms with van der Waals surface area (Å²) >= 11 is 0.